The van der Waals surface area contributed by atoms with E-state index in [1.54, 1.807) is 14.2 Å². The molecule has 0 saturated heterocycles. The Morgan fingerprint density at radius 2 is 2.11 bits per heavy atom. The van der Waals surface area contributed by atoms with E-state index in [1.165, 1.54) is 5.57 Å². The summed E-state index contributed by atoms with van der Waals surface area (Å²) in [5.74, 6) is 0. The first-order chi connectivity index (χ1) is 9.04. The average molecular weight is 287 g/mol. The van der Waals surface area contributed by atoms with Crippen molar-refractivity contribution in [1.29, 1.82) is 0 Å². The van der Waals surface area contributed by atoms with Gasteiger partial charge in [0, 0.05) is 24.7 Å². The molecule has 0 amide bonds. The van der Waals surface area contributed by atoms with Crippen molar-refractivity contribution in [2.45, 2.75) is 38.9 Å². The smallest absolute Gasteiger partial charge is 0.165 e. The van der Waals surface area contributed by atoms with Crippen LogP contribution in [-0.4, -0.2) is 32.2 Å². The van der Waals surface area contributed by atoms with Gasteiger partial charge in [-0.3, -0.25) is 0 Å². The molecule has 19 heavy (non-hydrogen) atoms. The normalized spacial score (nSPS) is 34.8. The van der Waals surface area contributed by atoms with Crippen LogP contribution in [0.4, 0.5) is 0 Å². The fraction of sp³-hybridized carbons (Fsp3) is 0.733. The third-order valence-electron chi connectivity index (χ3n) is 5.06. The van der Waals surface area contributed by atoms with Gasteiger partial charge in [0.25, 0.3) is 0 Å². The lowest BCUT2D eigenvalue weighted by molar-refractivity contribution is -0.231. The van der Waals surface area contributed by atoms with E-state index in [9.17, 15) is 5.11 Å². The van der Waals surface area contributed by atoms with E-state index < -0.39 is 11.7 Å². The zero-order valence-electron chi connectivity index (χ0n) is 11.9. The molecular formula is C15H23ClO3. The van der Waals surface area contributed by atoms with Crippen molar-refractivity contribution in [3.63, 3.8) is 0 Å². The highest BCUT2D eigenvalue weighted by Crippen LogP contribution is 2.59. The topological polar surface area (TPSA) is 38.7 Å². The highest BCUT2D eigenvalue weighted by Gasteiger charge is 2.56. The summed E-state index contributed by atoms with van der Waals surface area (Å²) in [6, 6.07) is 0. The van der Waals surface area contributed by atoms with Gasteiger partial charge in [-0.25, -0.2) is 0 Å². The van der Waals surface area contributed by atoms with E-state index in [0.717, 1.165) is 30.7 Å². The Morgan fingerprint density at radius 3 is 2.68 bits per heavy atom. The van der Waals surface area contributed by atoms with Crippen molar-refractivity contribution in [2.75, 3.05) is 20.8 Å². The number of aliphatic hydroxyl groups is 1. The van der Waals surface area contributed by atoms with Gasteiger partial charge in [0.1, 0.15) is 0 Å². The SMILES string of the molecule is COC(OC)[C@]1(CO)CCCC2=CC(Cl)=CCC21C. The van der Waals surface area contributed by atoms with Crippen LogP contribution in [0, 0.1) is 10.8 Å². The molecule has 0 aromatic heterocycles. The highest BCUT2D eigenvalue weighted by atomic mass is 35.5. The van der Waals surface area contributed by atoms with Gasteiger partial charge in [-0.15, -0.1) is 0 Å². The molecule has 0 spiro atoms. The molecular weight excluding hydrogens is 264 g/mol. The van der Waals surface area contributed by atoms with Crippen LogP contribution in [0.25, 0.3) is 0 Å². The Balaban J connectivity index is 2.47. The second-order valence-corrected chi connectivity index (χ2v) is 6.20. The van der Waals surface area contributed by atoms with Crippen molar-refractivity contribution < 1.29 is 14.6 Å². The lowest BCUT2D eigenvalue weighted by Crippen LogP contribution is -2.55. The van der Waals surface area contributed by atoms with Crippen LogP contribution in [-0.2, 0) is 9.47 Å². The van der Waals surface area contributed by atoms with Crippen LogP contribution in [0.1, 0.15) is 32.6 Å². The van der Waals surface area contributed by atoms with E-state index >= 15 is 0 Å². The summed E-state index contributed by atoms with van der Waals surface area (Å²) in [7, 11) is 3.27. The molecule has 2 aliphatic carbocycles. The Morgan fingerprint density at radius 1 is 1.42 bits per heavy atom. The van der Waals surface area contributed by atoms with Gasteiger partial charge in [0.2, 0.25) is 0 Å². The third kappa shape index (κ3) is 2.17. The van der Waals surface area contributed by atoms with Gasteiger partial charge in [-0.1, -0.05) is 30.2 Å². The van der Waals surface area contributed by atoms with Crippen LogP contribution < -0.4 is 0 Å². The zero-order chi connectivity index (χ0) is 14.1. The second kappa shape index (κ2) is 5.57. The van der Waals surface area contributed by atoms with Gasteiger partial charge in [0.05, 0.1) is 12.0 Å². The van der Waals surface area contributed by atoms with Crippen molar-refractivity contribution in [2.24, 2.45) is 10.8 Å². The fourth-order valence-corrected chi connectivity index (χ4v) is 4.02. The Hall–Kier alpha value is -0.350. The summed E-state index contributed by atoms with van der Waals surface area (Å²) in [5.41, 5.74) is 0.739. The van der Waals surface area contributed by atoms with Crippen LogP contribution >= 0.6 is 11.6 Å². The van der Waals surface area contributed by atoms with Gasteiger partial charge in [-0.2, -0.15) is 0 Å². The van der Waals surface area contributed by atoms with E-state index in [4.69, 9.17) is 21.1 Å². The predicted octanol–water partition coefficient (Wildman–Crippen LogP) is 3.23. The number of aliphatic hydroxyl groups excluding tert-OH is 1. The first kappa shape index (κ1) is 15.0. The second-order valence-electron chi connectivity index (χ2n) is 5.77. The van der Waals surface area contributed by atoms with Crippen LogP contribution in [0.3, 0.4) is 0 Å². The van der Waals surface area contributed by atoms with Gasteiger partial charge in [-0.05, 0) is 31.8 Å². The summed E-state index contributed by atoms with van der Waals surface area (Å²) < 4.78 is 11.0. The Bertz CT molecular complexity index is 400. The molecule has 0 heterocycles. The minimum Gasteiger partial charge on any atom is -0.396 e. The molecule has 2 rings (SSSR count). The van der Waals surface area contributed by atoms with Crippen molar-refractivity contribution in [1.82, 2.24) is 0 Å². The van der Waals surface area contributed by atoms with Crippen LogP contribution in [0.2, 0.25) is 0 Å². The van der Waals surface area contributed by atoms with Crippen molar-refractivity contribution >= 4 is 11.6 Å². The van der Waals surface area contributed by atoms with Gasteiger partial charge < -0.3 is 14.6 Å². The molecule has 1 fully saturated rings. The number of fused-ring (bicyclic) bond motifs is 1. The number of allylic oxidation sites excluding steroid dienone is 4. The molecule has 0 aromatic carbocycles. The summed E-state index contributed by atoms with van der Waals surface area (Å²) in [6.07, 6.45) is 7.45. The van der Waals surface area contributed by atoms with Gasteiger partial charge in [0.15, 0.2) is 6.29 Å². The molecule has 1 unspecified atom stereocenters. The van der Waals surface area contributed by atoms with Crippen molar-refractivity contribution in [3.8, 4) is 0 Å². The number of hydrogen-bond donors (Lipinski definition) is 1. The number of rotatable bonds is 4. The Kier molecular flexibility index (Phi) is 4.41. The fourth-order valence-electron chi connectivity index (χ4n) is 3.81. The minimum absolute atomic E-state index is 0.0542. The molecule has 2 aliphatic rings. The number of methoxy groups -OCH3 is 2. The summed E-state index contributed by atoms with van der Waals surface area (Å²) in [6.45, 7) is 2.25. The summed E-state index contributed by atoms with van der Waals surface area (Å²) in [5, 5.41) is 10.9. The van der Waals surface area contributed by atoms with Crippen LogP contribution in [0.5, 0.6) is 0 Å². The molecule has 0 radical (unpaired) electrons. The minimum atomic E-state index is -0.408. The number of ether oxygens (including phenoxy) is 2. The van der Waals surface area contributed by atoms with E-state index in [2.05, 4.69) is 13.0 Å². The summed E-state index contributed by atoms with van der Waals surface area (Å²) >= 11 is 6.14. The molecule has 3 nitrogen and oxygen atoms in total. The zero-order valence-corrected chi connectivity index (χ0v) is 12.7. The first-order valence-electron chi connectivity index (χ1n) is 6.77. The molecule has 2 atom stereocenters. The molecule has 1 N–H and O–H groups in total. The maximum atomic E-state index is 10.1. The Labute approximate surface area is 120 Å². The van der Waals surface area contributed by atoms with E-state index in [-0.39, 0.29) is 12.0 Å². The van der Waals surface area contributed by atoms with E-state index in [1.807, 2.05) is 6.08 Å². The molecule has 0 bridgehead atoms. The van der Waals surface area contributed by atoms with E-state index in [0.29, 0.717) is 0 Å². The first-order valence-corrected chi connectivity index (χ1v) is 7.15. The van der Waals surface area contributed by atoms with Gasteiger partial charge >= 0.3 is 0 Å². The molecule has 1 saturated carbocycles. The third-order valence-corrected chi connectivity index (χ3v) is 5.32. The number of hydrogen-bond acceptors (Lipinski definition) is 3. The largest absolute Gasteiger partial charge is 0.396 e. The lowest BCUT2D eigenvalue weighted by atomic mass is 9.52. The standard InChI is InChI=1S/C15H23ClO3/c1-14-8-6-12(16)9-11(14)5-4-7-15(14,10-17)13(18-2)19-3/h6,9,13,17H,4-5,7-8,10H2,1-3H3/t14?,15-/m1/s1. The molecule has 4 heteroatoms. The lowest BCUT2D eigenvalue weighted by Gasteiger charge is -2.55. The molecule has 0 aliphatic heterocycles. The average Bonchev–Trinajstić information content (AvgIpc) is 2.41. The molecule has 108 valence electrons. The predicted molar refractivity (Wildman–Crippen MR) is 75.9 cm³/mol. The highest BCUT2D eigenvalue weighted by molar-refractivity contribution is 6.31. The van der Waals surface area contributed by atoms with Crippen molar-refractivity contribution in [3.05, 3.63) is 22.8 Å². The maximum Gasteiger partial charge on any atom is 0.165 e. The van der Waals surface area contributed by atoms with Crippen LogP contribution in [0.15, 0.2) is 22.8 Å². The summed E-state index contributed by atoms with van der Waals surface area (Å²) in [4.78, 5) is 0. The molecule has 0 aromatic rings. The maximum absolute atomic E-state index is 10.1. The number of halogens is 1. The quantitative estimate of drug-likeness (QED) is 0.807. The monoisotopic (exact) mass is 286 g/mol.